The number of primary sulfonamides is 1. The molecule has 1 amide bonds. The van der Waals surface area contributed by atoms with E-state index in [1.807, 2.05) is 28.8 Å². The van der Waals surface area contributed by atoms with E-state index in [9.17, 15) is 13.2 Å². The van der Waals surface area contributed by atoms with Crippen LogP contribution in [0.2, 0.25) is 5.02 Å². The van der Waals surface area contributed by atoms with Crippen molar-refractivity contribution in [1.82, 2.24) is 19.7 Å². The Morgan fingerprint density at radius 1 is 1.00 bits per heavy atom. The second-order valence-electron chi connectivity index (χ2n) is 6.76. The number of carbonyl (C=O) groups excluding carboxylic acids is 1. The fourth-order valence-electron chi connectivity index (χ4n) is 2.93. The number of rotatable bonds is 7. The number of benzene rings is 2. The number of anilines is 1. The lowest BCUT2D eigenvalue weighted by Gasteiger charge is -2.11. The molecule has 0 radical (unpaired) electrons. The van der Waals surface area contributed by atoms with Gasteiger partial charge in [0, 0.05) is 34.4 Å². The number of aromatic nitrogens is 4. The maximum Gasteiger partial charge on any atom is 0.238 e. The molecule has 0 atom stereocenters. The van der Waals surface area contributed by atoms with Crippen LogP contribution in [0, 0.1) is 0 Å². The average molecular weight is 501 g/mol. The molecule has 0 fully saturated rings. The Balaban J connectivity index is 1.54. The van der Waals surface area contributed by atoms with Crippen LogP contribution in [0.25, 0.3) is 17.1 Å². The lowest BCUT2D eigenvalue weighted by atomic mass is 10.2. The molecule has 0 spiro atoms. The van der Waals surface area contributed by atoms with Gasteiger partial charge < -0.3 is 5.32 Å². The summed E-state index contributed by atoms with van der Waals surface area (Å²) in [6.07, 6.45) is 3.33. The lowest BCUT2D eigenvalue weighted by Crippen LogP contribution is -2.15. The van der Waals surface area contributed by atoms with Gasteiger partial charge in [0.05, 0.1) is 10.6 Å². The maximum absolute atomic E-state index is 12.5. The van der Waals surface area contributed by atoms with Crippen molar-refractivity contribution in [2.75, 3.05) is 11.1 Å². The Kier molecular flexibility index (Phi) is 6.75. The summed E-state index contributed by atoms with van der Waals surface area (Å²) in [6, 6.07) is 16.5. The number of nitrogens with zero attached hydrogens (tertiary/aromatic N) is 4. The number of nitrogens with two attached hydrogens (primary N) is 1. The molecule has 0 bridgehead atoms. The number of thioether (sulfide) groups is 1. The van der Waals surface area contributed by atoms with Crippen LogP contribution in [-0.2, 0) is 14.8 Å². The summed E-state index contributed by atoms with van der Waals surface area (Å²) in [5.74, 6) is 0.361. The summed E-state index contributed by atoms with van der Waals surface area (Å²) < 4.78 is 24.6. The molecule has 0 saturated carbocycles. The average Bonchev–Trinajstić information content (AvgIpc) is 3.22. The Labute approximate surface area is 199 Å². The highest BCUT2D eigenvalue weighted by atomic mass is 35.5. The first-order valence-electron chi connectivity index (χ1n) is 9.48. The van der Waals surface area contributed by atoms with Crippen LogP contribution in [0.4, 0.5) is 5.69 Å². The SMILES string of the molecule is NS(=O)(=O)c1ccc(NC(=O)CSc2nnc(-c3ccncc3)n2-c2ccc(Cl)cc2)cc1. The van der Waals surface area contributed by atoms with Gasteiger partial charge in [-0.3, -0.25) is 14.3 Å². The molecule has 168 valence electrons. The van der Waals surface area contributed by atoms with Gasteiger partial charge in [0.15, 0.2) is 11.0 Å². The van der Waals surface area contributed by atoms with Crippen LogP contribution in [-0.4, -0.2) is 39.8 Å². The molecule has 2 aromatic heterocycles. The Morgan fingerprint density at radius 2 is 1.67 bits per heavy atom. The fourth-order valence-corrected chi connectivity index (χ4v) is 4.32. The molecule has 33 heavy (non-hydrogen) atoms. The number of carbonyl (C=O) groups is 1. The lowest BCUT2D eigenvalue weighted by molar-refractivity contribution is -0.113. The van der Waals surface area contributed by atoms with Crippen LogP contribution in [0.3, 0.4) is 0 Å². The third kappa shape index (κ3) is 5.57. The van der Waals surface area contributed by atoms with E-state index in [2.05, 4.69) is 20.5 Å². The third-order valence-corrected chi connectivity index (χ3v) is 6.57. The van der Waals surface area contributed by atoms with Crippen molar-refractivity contribution in [3.05, 3.63) is 78.1 Å². The minimum atomic E-state index is -3.80. The minimum absolute atomic E-state index is 0.0328. The van der Waals surface area contributed by atoms with Crippen molar-refractivity contribution < 1.29 is 13.2 Å². The van der Waals surface area contributed by atoms with Gasteiger partial charge in [-0.2, -0.15) is 0 Å². The van der Waals surface area contributed by atoms with E-state index in [1.54, 1.807) is 24.5 Å². The summed E-state index contributed by atoms with van der Waals surface area (Å²) in [5, 5.41) is 17.5. The van der Waals surface area contributed by atoms with Crippen molar-refractivity contribution in [2.24, 2.45) is 5.14 Å². The highest BCUT2D eigenvalue weighted by Crippen LogP contribution is 2.28. The van der Waals surface area contributed by atoms with Crippen LogP contribution in [0.1, 0.15) is 0 Å². The molecular formula is C21H17ClN6O3S2. The van der Waals surface area contributed by atoms with Crippen LogP contribution >= 0.6 is 23.4 Å². The highest BCUT2D eigenvalue weighted by molar-refractivity contribution is 7.99. The van der Waals surface area contributed by atoms with E-state index in [1.165, 1.54) is 36.0 Å². The van der Waals surface area contributed by atoms with Gasteiger partial charge in [-0.05, 0) is 60.7 Å². The van der Waals surface area contributed by atoms with Gasteiger partial charge in [-0.25, -0.2) is 13.6 Å². The Bertz CT molecular complexity index is 1380. The molecular weight excluding hydrogens is 484 g/mol. The van der Waals surface area contributed by atoms with Gasteiger partial charge in [-0.15, -0.1) is 10.2 Å². The molecule has 0 unspecified atom stereocenters. The molecule has 12 heteroatoms. The normalized spacial score (nSPS) is 11.3. The van der Waals surface area contributed by atoms with E-state index in [0.717, 1.165) is 11.3 Å². The standard InChI is InChI=1S/C21H17ClN6O3S2/c22-15-1-5-17(6-2-15)28-20(14-9-11-24-12-10-14)26-27-21(28)32-13-19(29)25-16-3-7-18(8-4-16)33(23,30)31/h1-12H,13H2,(H,25,29)(H2,23,30,31). The number of hydrogen-bond acceptors (Lipinski definition) is 7. The molecule has 2 heterocycles. The van der Waals surface area contributed by atoms with Crippen molar-refractivity contribution in [2.45, 2.75) is 10.1 Å². The predicted molar refractivity (Wildman–Crippen MR) is 127 cm³/mol. The molecule has 0 aliphatic carbocycles. The first-order chi connectivity index (χ1) is 15.8. The van der Waals surface area contributed by atoms with E-state index in [-0.39, 0.29) is 16.6 Å². The zero-order valence-corrected chi connectivity index (χ0v) is 19.3. The van der Waals surface area contributed by atoms with Crippen molar-refractivity contribution in [3.63, 3.8) is 0 Å². The highest BCUT2D eigenvalue weighted by Gasteiger charge is 2.17. The van der Waals surface area contributed by atoms with E-state index in [4.69, 9.17) is 16.7 Å². The van der Waals surface area contributed by atoms with Crippen LogP contribution in [0.15, 0.2) is 83.1 Å². The molecule has 0 saturated heterocycles. The first kappa shape index (κ1) is 22.9. The zero-order chi connectivity index (χ0) is 23.4. The summed E-state index contributed by atoms with van der Waals surface area (Å²) in [6.45, 7) is 0. The topological polar surface area (TPSA) is 133 Å². The second-order valence-corrected chi connectivity index (χ2v) is 9.70. The predicted octanol–water partition coefficient (Wildman–Crippen LogP) is 3.36. The molecule has 0 aliphatic heterocycles. The minimum Gasteiger partial charge on any atom is -0.325 e. The summed E-state index contributed by atoms with van der Waals surface area (Å²) >= 11 is 7.25. The number of hydrogen-bond donors (Lipinski definition) is 2. The zero-order valence-electron chi connectivity index (χ0n) is 16.9. The Morgan fingerprint density at radius 3 is 2.30 bits per heavy atom. The maximum atomic E-state index is 12.5. The quantitative estimate of drug-likeness (QED) is 0.372. The molecule has 4 aromatic rings. The van der Waals surface area contributed by atoms with Gasteiger partial charge in [-0.1, -0.05) is 23.4 Å². The number of amides is 1. The number of halogens is 1. The van der Waals surface area contributed by atoms with Crippen molar-refractivity contribution in [3.8, 4) is 17.1 Å². The molecule has 0 aliphatic rings. The summed E-state index contributed by atoms with van der Waals surface area (Å²) in [5.41, 5.74) is 2.06. The second kappa shape index (κ2) is 9.71. The number of sulfonamides is 1. The van der Waals surface area contributed by atoms with Gasteiger partial charge >= 0.3 is 0 Å². The van der Waals surface area contributed by atoms with Crippen LogP contribution < -0.4 is 10.5 Å². The first-order valence-corrected chi connectivity index (χ1v) is 12.4. The van der Waals surface area contributed by atoms with E-state index < -0.39 is 10.0 Å². The summed E-state index contributed by atoms with van der Waals surface area (Å²) in [7, 11) is -3.80. The van der Waals surface area contributed by atoms with Crippen LogP contribution in [0.5, 0.6) is 0 Å². The monoisotopic (exact) mass is 500 g/mol. The van der Waals surface area contributed by atoms with Gasteiger partial charge in [0.2, 0.25) is 15.9 Å². The molecule has 4 rings (SSSR count). The van der Waals surface area contributed by atoms with Crippen molar-refractivity contribution >= 4 is 45.0 Å². The third-order valence-electron chi connectivity index (χ3n) is 4.46. The largest absolute Gasteiger partial charge is 0.325 e. The fraction of sp³-hybridized carbons (Fsp3) is 0.0476. The summed E-state index contributed by atoms with van der Waals surface area (Å²) in [4.78, 5) is 16.5. The van der Waals surface area contributed by atoms with E-state index in [0.29, 0.717) is 21.7 Å². The molecule has 9 nitrogen and oxygen atoms in total. The van der Waals surface area contributed by atoms with Gasteiger partial charge in [0.1, 0.15) is 0 Å². The number of nitrogens with one attached hydrogen (secondary N) is 1. The molecule has 2 aromatic carbocycles. The molecule has 3 N–H and O–H groups in total. The smallest absolute Gasteiger partial charge is 0.238 e. The van der Waals surface area contributed by atoms with Gasteiger partial charge in [0.25, 0.3) is 0 Å². The number of pyridine rings is 1. The van der Waals surface area contributed by atoms with Crippen molar-refractivity contribution in [1.29, 1.82) is 0 Å². The Hall–Kier alpha value is -3.25. The van der Waals surface area contributed by atoms with E-state index >= 15 is 0 Å².